The van der Waals surface area contributed by atoms with Crippen LogP contribution in [-0.4, -0.2) is 28.2 Å². The summed E-state index contributed by atoms with van der Waals surface area (Å²) < 4.78 is 0. The van der Waals surface area contributed by atoms with E-state index in [1.807, 2.05) is 27.7 Å². The highest BCUT2D eigenvalue weighted by Gasteiger charge is 2.19. The number of nitrogens with one attached hydrogen (secondary N) is 2. The lowest BCUT2D eigenvalue weighted by Gasteiger charge is -2.23. The van der Waals surface area contributed by atoms with Gasteiger partial charge < -0.3 is 10.6 Å². The smallest absolute Gasteiger partial charge is 0.272 e. The van der Waals surface area contributed by atoms with Gasteiger partial charge in [-0.25, -0.2) is 0 Å². The lowest BCUT2D eigenvalue weighted by molar-refractivity contribution is 0.0905. The standard InChI is InChI=1S/C12H20N4O/c1-5-12(3,4)14-11(17)9-7-8-10(13-6-2)16-15-9/h7-8H,5-6H2,1-4H3,(H,13,16)(H,14,17). The highest BCUT2D eigenvalue weighted by molar-refractivity contribution is 5.92. The molecule has 1 rings (SSSR count). The first-order valence-electron chi connectivity index (χ1n) is 5.88. The fourth-order valence-corrected chi connectivity index (χ4v) is 1.19. The normalized spacial score (nSPS) is 11.1. The minimum Gasteiger partial charge on any atom is -0.369 e. The van der Waals surface area contributed by atoms with E-state index in [1.165, 1.54) is 0 Å². The van der Waals surface area contributed by atoms with Crippen LogP contribution < -0.4 is 10.6 Å². The SMILES string of the molecule is CCNc1ccc(C(=O)NC(C)(C)CC)nn1. The number of carbonyl (C=O) groups is 1. The highest BCUT2D eigenvalue weighted by atomic mass is 16.2. The zero-order valence-corrected chi connectivity index (χ0v) is 10.9. The van der Waals surface area contributed by atoms with Crippen molar-refractivity contribution in [1.82, 2.24) is 15.5 Å². The van der Waals surface area contributed by atoms with Gasteiger partial charge in [0.1, 0.15) is 5.82 Å². The molecule has 0 radical (unpaired) electrons. The van der Waals surface area contributed by atoms with E-state index in [-0.39, 0.29) is 11.4 Å². The minimum absolute atomic E-state index is 0.188. The average Bonchev–Trinajstić information content (AvgIpc) is 2.30. The van der Waals surface area contributed by atoms with Gasteiger partial charge >= 0.3 is 0 Å². The summed E-state index contributed by atoms with van der Waals surface area (Å²) in [5.74, 6) is 0.492. The van der Waals surface area contributed by atoms with Crippen LogP contribution in [0.2, 0.25) is 0 Å². The van der Waals surface area contributed by atoms with Crippen molar-refractivity contribution in [1.29, 1.82) is 0 Å². The number of hydrogen-bond acceptors (Lipinski definition) is 4. The van der Waals surface area contributed by atoms with Crippen molar-refractivity contribution in [2.24, 2.45) is 0 Å². The Morgan fingerprint density at radius 2 is 2.00 bits per heavy atom. The van der Waals surface area contributed by atoms with E-state index in [9.17, 15) is 4.79 Å². The summed E-state index contributed by atoms with van der Waals surface area (Å²) in [6.07, 6.45) is 0.863. The van der Waals surface area contributed by atoms with E-state index in [0.717, 1.165) is 13.0 Å². The lowest BCUT2D eigenvalue weighted by Crippen LogP contribution is -2.43. The molecule has 0 aliphatic carbocycles. The Morgan fingerprint density at radius 1 is 1.29 bits per heavy atom. The first-order chi connectivity index (χ1) is 7.98. The second-order valence-corrected chi connectivity index (χ2v) is 4.53. The molecule has 0 saturated heterocycles. The first-order valence-corrected chi connectivity index (χ1v) is 5.88. The Bertz CT molecular complexity index is 373. The summed E-state index contributed by atoms with van der Waals surface area (Å²) in [5, 5.41) is 13.8. The van der Waals surface area contributed by atoms with Crippen LogP contribution >= 0.6 is 0 Å². The number of anilines is 1. The van der Waals surface area contributed by atoms with Crippen LogP contribution in [0.4, 0.5) is 5.82 Å². The monoisotopic (exact) mass is 236 g/mol. The number of hydrogen-bond donors (Lipinski definition) is 2. The fraction of sp³-hybridized carbons (Fsp3) is 0.583. The molecule has 0 aliphatic heterocycles. The van der Waals surface area contributed by atoms with E-state index in [2.05, 4.69) is 20.8 Å². The third kappa shape index (κ3) is 4.01. The van der Waals surface area contributed by atoms with Crippen LogP contribution in [-0.2, 0) is 0 Å². The summed E-state index contributed by atoms with van der Waals surface area (Å²) >= 11 is 0. The Morgan fingerprint density at radius 3 is 2.47 bits per heavy atom. The summed E-state index contributed by atoms with van der Waals surface area (Å²) in [6.45, 7) is 8.74. The van der Waals surface area contributed by atoms with Crippen LogP contribution in [0.15, 0.2) is 12.1 Å². The number of amides is 1. The number of carbonyl (C=O) groups excluding carboxylic acids is 1. The predicted molar refractivity (Wildman–Crippen MR) is 68.0 cm³/mol. The van der Waals surface area contributed by atoms with Gasteiger partial charge in [0, 0.05) is 12.1 Å². The molecule has 1 amide bonds. The van der Waals surface area contributed by atoms with Crippen molar-refractivity contribution in [3.63, 3.8) is 0 Å². The molecule has 0 unspecified atom stereocenters. The molecule has 0 spiro atoms. The van der Waals surface area contributed by atoms with Gasteiger partial charge in [-0.3, -0.25) is 4.79 Å². The van der Waals surface area contributed by atoms with Crippen molar-refractivity contribution in [3.05, 3.63) is 17.8 Å². The van der Waals surface area contributed by atoms with Gasteiger partial charge in [0.15, 0.2) is 5.69 Å². The molecule has 17 heavy (non-hydrogen) atoms. The Labute approximate surface area is 102 Å². The van der Waals surface area contributed by atoms with Gasteiger partial charge in [-0.05, 0) is 39.3 Å². The molecule has 0 aliphatic rings. The fourth-order valence-electron chi connectivity index (χ4n) is 1.19. The van der Waals surface area contributed by atoms with E-state index in [1.54, 1.807) is 12.1 Å². The van der Waals surface area contributed by atoms with Gasteiger partial charge in [0.2, 0.25) is 0 Å². The molecule has 0 atom stereocenters. The summed E-state index contributed by atoms with van der Waals surface area (Å²) in [5.41, 5.74) is 0.118. The van der Waals surface area contributed by atoms with Crippen LogP contribution in [0.3, 0.4) is 0 Å². The van der Waals surface area contributed by atoms with Crippen molar-refractivity contribution in [2.45, 2.75) is 39.7 Å². The molecular formula is C12H20N4O. The Kier molecular flexibility index (Phi) is 4.43. The number of nitrogens with zero attached hydrogens (tertiary/aromatic N) is 2. The Hall–Kier alpha value is -1.65. The maximum Gasteiger partial charge on any atom is 0.272 e. The molecule has 2 N–H and O–H groups in total. The van der Waals surface area contributed by atoms with E-state index < -0.39 is 0 Å². The minimum atomic E-state index is -0.223. The van der Waals surface area contributed by atoms with E-state index in [4.69, 9.17) is 0 Å². The molecular weight excluding hydrogens is 216 g/mol. The van der Waals surface area contributed by atoms with Gasteiger partial charge in [-0.15, -0.1) is 10.2 Å². The van der Waals surface area contributed by atoms with Crippen LogP contribution in [0.1, 0.15) is 44.6 Å². The molecule has 5 nitrogen and oxygen atoms in total. The van der Waals surface area contributed by atoms with Gasteiger partial charge in [-0.2, -0.15) is 0 Å². The van der Waals surface area contributed by atoms with Crippen molar-refractivity contribution in [3.8, 4) is 0 Å². The molecule has 0 saturated carbocycles. The molecule has 0 fully saturated rings. The molecule has 1 heterocycles. The molecule has 1 aromatic rings. The van der Waals surface area contributed by atoms with Gasteiger partial charge in [0.05, 0.1) is 0 Å². The zero-order chi connectivity index (χ0) is 12.9. The van der Waals surface area contributed by atoms with Crippen LogP contribution in [0, 0.1) is 0 Å². The maximum absolute atomic E-state index is 11.9. The van der Waals surface area contributed by atoms with Crippen molar-refractivity contribution < 1.29 is 4.79 Å². The predicted octanol–water partition coefficient (Wildman–Crippen LogP) is 1.83. The summed E-state index contributed by atoms with van der Waals surface area (Å²) in [7, 11) is 0. The topological polar surface area (TPSA) is 66.9 Å². The van der Waals surface area contributed by atoms with Crippen molar-refractivity contribution >= 4 is 11.7 Å². The largest absolute Gasteiger partial charge is 0.369 e. The van der Waals surface area contributed by atoms with Crippen LogP contribution in [0.25, 0.3) is 0 Å². The third-order valence-corrected chi connectivity index (χ3v) is 2.59. The summed E-state index contributed by atoms with van der Waals surface area (Å²) in [4.78, 5) is 11.9. The second-order valence-electron chi connectivity index (χ2n) is 4.53. The van der Waals surface area contributed by atoms with Gasteiger partial charge in [0.25, 0.3) is 5.91 Å². The average molecular weight is 236 g/mol. The molecule has 94 valence electrons. The van der Waals surface area contributed by atoms with Crippen LogP contribution in [0.5, 0.6) is 0 Å². The van der Waals surface area contributed by atoms with E-state index in [0.29, 0.717) is 11.5 Å². The van der Waals surface area contributed by atoms with Crippen molar-refractivity contribution in [2.75, 3.05) is 11.9 Å². The number of aromatic nitrogens is 2. The van der Waals surface area contributed by atoms with E-state index >= 15 is 0 Å². The third-order valence-electron chi connectivity index (χ3n) is 2.59. The maximum atomic E-state index is 11.9. The quantitative estimate of drug-likeness (QED) is 0.818. The molecule has 0 aromatic carbocycles. The first kappa shape index (κ1) is 13.4. The molecule has 1 aromatic heterocycles. The molecule has 0 bridgehead atoms. The highest BCUT2D eigenvalue weighted by Crippen LogP contribution is 2.09. The summed E-state index contributed by atoms with van der Waals surface area (Å²) in [6, 6.07) is 3.43. The zero-order valence-electron chi connectivity index (χ0n) is 10.9. The molecule has 5 heteroatoms. The number of rotatable bonds is 5. The van der Waals surface area contributed by atoms with Gasteiger partial charge in [-0.1, -0.05) is 6.92 Å². The second kappa shape index (κ2) is 5.61. The lowest BCUT2D eigenvalue weighted by atomic mass is 10.0. The Balaban J connectivity index is 2.70.